The van der Waals surface area contributed by atoms with E-state index < -0.39 is 5.60 Å². The molecule has 0 atom stereocenters. The first kappa shape index (κ1) is 14.4. The molecule has 1 aliphatic rings. The third-order valence-electron chi connectivity index (χ3n) is 3.74. The number of β-amino-alcohol motifs (C(OH)–C–C–N with tert-alkyl or cyclic N) is 1. The van der Waals surface area contributed by atoms with Gasteiger partial charge in [0.05, 0.1) is 18.8 Å². The summed E-state index contributed by atoms with van der Waals surface area (Å²) < 4.78 is 0. The SMILES string of the molecule is Cc1ccc(SCC(=O)N2CC(O)(C(C)C)C2)cc1. The Morgan fingerprint density at radius 1 is 1.37 bits per heavy atom. The van der Waals surface area contributed by atoms with Crippen LogP contribution in [0.3, 0.4) is 0 Å². The Morgan fingerprint density at radius 3 is 2.47 bits per heavy atom. The van der Waals surface area contributed by atoms with Gasteiger partial charge >= 0.3 is 0 Å². The van der Waals surface area contributed by atoms with E-state index in [4.69, 9.17) is 0 Å². The van der Waals surface area contributed by atoms with E-state index in [0.29, 0.717) is 18.8 Å². The molecular weight excluding hydrogens is 258 g/mol. The fourth-order valence-corrected chi connectivity index (χ4v) is 2.83. The normalized spacial score (nSPS) is 17.4. The van der Waals surface area contributed by atoms with Crippen LogP contribution in [0.5, 0.6) is 0 Å². The summed E-state index contributed by atoms with van der Waals surface area (Å²) in [6.45, 7) is 6.97. The number of aliphatic hydroxyl groups is 1. The van der Waals surface area contributed by atoms with Crippen molar-refractivity contribution in [1.82, 2.24) is 4.90 Å². The molecule has 1 saturated heterocycles. The molecule has 0 unspecified atom stereocenters. The number of thioether (sulfide) groups is 1. The highest BCUT2D eigenvalue weighted by Crippen LogP contribution is 2.29. The number of hydrogen-bond donors (Lipinski definition) is 1. The first-order valence-electron chi connectivity index (χ1n) is 6.60. The Kier molecular flexibility index (Phi) is 4.21. The first-order valence-corrected chi connectivity index (χ1v) is 7.59. The van der Waals surface area contributed by atoms with Gasteiger partial charge in [-0.3, -0.25) is 4.79 Å². The van der Waals surface area contributed by atoms with Crippen molar-refractivity contribution in [2.24, 2.45) is 5.92 Å². The van der Waals surface area contributed by atoms with Crippen LogP contribution >= 0.6 is 11.8 Å². The first-order chi connectivity index (χ1) is 8.90. The third-order valence-corrected chi connectivity index (χ3v) is 4.74. The van der Waals surface area contributed by atoms with Gasteiger partial charge in [-0.1, -0.05) is 31.5 Å². The highest BCUT2D eigenvalue weighted by atomic mass is 32.2. The van der Waals surface area contributed by atoms with E-state index >= 15 is 0 Å². The van der Waals surface area contributed by atoms with Crippen molar-refractivity contribution in [3.63, 3.8) is 0 Å². The lowest BCUT2D eigenvalue weighted by Crippen LogP contribution is -2.66. The molecule has 1 heterocycles. The zero-order valence-electron chi connectivity index (χ0n) is 11.7. The number of carbonyl (C=O) groups excluding carboxylic acids is 1. The van der Waals surface area contributed by atoms with Crippen LogP contribution in [0.4, 0.5) is 0 Å². The fraction of sp³-hybridized carbons (Fsp3) is 0.533. The van der Waals surface area contributed by atoms with Crippen LogP contribution in [0.25, 0.3) is 0 Å². The molecule has 0 aromatic heterocycles. The molecule has 4 heteroatoms. The highest BCUT2D eigenvalue weighted by molar-refractivity contribution is 8.00. The maximum atomic E-state index is 12.0. The zero-order chi connectivity index (χ0) is 14.0. The van der Waals surface area contributed by atoms with Gasteiger partial charge in [-0.15, -0.1) is 11.8 Å². The van der Waals surface area contributed by atoms with Crippen molar-refractivity contribution in [3.8, 4) is 0 Å². The summed E-state index contributed by atoms with van der Waals surface area (Å²) in [6, 6.07) is 8.17. The van der Waals surface area contributed by atoms with E-state index in [-0.39, 0.29) is 11.8 Å². The van der Waals surface area contributed by atoms with E-state index in [2.05, 4.69) is 0 Å². The highest BCUT2D eigenvalue weighted by Gasteiger charge is 2.45. The maximum Gasteiger partial charge on any atom is 0.233 e. The van der Waals surface area contributed by atoms with E-state index in [1.54, 1.807) is 16.7 Å². The van der Waals surface area contributed by atoms with Gasteiger partial charge in [0.25, 0.3) is 0 Å². The van der Waals surface area contributed by atoms with Gasteiger partial charge in [0.15, 0.2) is 0 Å². The number of likely N-dealkylation sites (tertiary alicyclic amines) is 1. The number of carbonyl (C=O) groups is 1. The maximum absolute atomic E-state index is 12.0. The molecule has 1 amide bonds. The van der Waals surface area contributed by atoms with Gasteiger partial charge in [0.1, 0.15) is 5.60 Å². The average Bonchev–Trinajstić information content (AvgIpc) is 2.33. The summed E-state index contributed by atoms with van der Waals surface area (Å²) in [5.41, 5.74) is 0.546. The average molecular weight is 279 g/mol. The van der Waals surface area contributed by atoms with Crippen LogP contribution in [0.15, 0.2) is 29.2 Å². The van der Waals surface area contributed by atoms with Crippen molar-refractivity contribution in [2.45, 2.75) is 31.3 Å². The van der Waals surface area contributed by atoms with E-state index in [1.165, 1.54) is 5.56 Å². The number of nitrogens with zero attached hydrogens (tertiary/aromatic N) is 1. The van der Waals surface area contributed by atoms with Crippen molar-refractivity contribution >= 4 is 17.7 Å². The monoisotopic (exact) mass is 279 g/mol. The van der Waals surface area contributed by atoms with Crippen LogP contribution in [0, 0.1) is 12.8 Å². The quantitative estimate of drug-likeness (QED) is 0.860. The molecule has 1 aliphatic heterocycles. The van der Waals surface area contributed by atoms with Crippen molar-refractivity contribution < 1.29 is 9.90 Å². The molecule has 1 aromatic carbocycles. The Bertz CT molecular complexity index is 450. The third kappa shape index (κ3) is 3.31. The van der Waals surface area contributed by atoms with Crippen LogP contribution in [-0.4, -0.2) is 40.4 Å². The lowest BCUT2D eigenvalue weighted by molar-refractivity contribution is -0.161. The summed E-state index contributed by atoms with van der Waals surface area (Å²) in [7, 11) is 0. The summed E-state index contributed by atoms with van der Waals surface area (Å²) in [5, 5.41) is 10.1. The molecule has 0 bridgehead atoms. The van der Waals surface area contributed by atoms with Crippen molar-refractivity contribution in [3.05, 3.63) is 29.8 Å². The van der Waals surface area contributed by atoms with Gasteiger partial charge < -0.3 is 10.0 Å². The van der Waals surface area contributed by atoms with E-state index in [1.807, 2.05) is 45.0 Å². The van der Waals surface area contributed by atoms with Gasteiger partial charge in [0, 0.05) is 4.90 Å². The number of rotatable bonds is 4. The van der Waals surface area contributed by atoms with Gasteiger partial charge in [-0.25, -0.2) is 0 Å². The molecule has 3 nitrogen and oxygen atoms in total. The summed E-state index contributed by atoms with van der Waals surface area (Å²) >= 11 is 1.55. The molecule has 0 radical (unpaired) electrons. The predicted molar refractivity (Wildman–Crippen MR) is 78.3 cm³/mol. The molecule has 0 aliphatic carbocycles. The fourth-order valence-electron chi connectivity index (χ4n) is 2.03. The van der Waals surface area contributed by atoms with Gasteiger partial charge in [-0.05, 0) is 25.0 Å². The minimum absolute atomic E-state index is 0.107. The minimum atomic E-state index is -0.676. The molecule has 19 heavy (non-hydrogen) atoms. The summed E-state index contributed by atoms with van der Waals surface area (Å²) in [5.74, 6) is 0.745. The van der Waals surface area contributed by atoms with Gasteiger partial charge in [0.2, 0.25) is 5.91 Å². The topological polar surface area (TPSA) is 40.5 Å². The molecule has 2 rings (SSSR count). The number of hydrogen-bond acceptors (Lipinski definition) is 3. The second kappa shape index (κ2) is 5.55. The Labute approximate surface area is 119 Å². The Balaban J connectivity index is 1.79. The standard InChI is InChI=1S/C15H21NO2S/c1-11(2)15(18)9-16(10-15)14(17)8-19-13-6-4-12(3)5-7-13/h4-7,11,18H,8-10H2,1-3H3. The minimum Gasteiger partial charge on any atom is -0.386 e. The van der Waals surface area contributed by atoms with Crippen LogP contribution in [0.1, 0.15) is 19.4 Å². The molecule has 1 fully saturated rings. The zero-order valence-corrected chi connectivity index (χ0v) is 12.5. The number of amides is 1. The van der Waals surface area contributed by atoms with Crippen molar-refractivity contribution in [2.75, 3.05) is 18.8 Å². The molecule has 1 N–H and O–H groups in total. The second-order valence-corrected chi connectivity index (χ2v) is 6.66. The van der Waals surface area contributed by atoms with Crippen molar-refractivity contribution in [1.29, 1.82) is 0 Å². The molecule has 0 saturated carbocycles. The van der Waals surface area contributed by atoms with E-state index in [0.717, 1.165) is 4.90 Å². The molecule has 104 valence electrons. The van der Waals surface area contributed by atoms with Crippen LogP contribution in [-0.2, 0) is 4.79 Å². The predicted octanol–water partition coefficient (Wildman–Crippen LogP) is 2.32. The van der Waals surface area contributed by atoms with E-state index in [9.17, 15) is 9.90 Å². The summed E-state index contributed by atoms with van der Waals surface area (Å²) in [4.78, 5) is 14.8. The lowest BCUT2D eigenvalue weighted by Gasteiger charge is -2.49. The lowest BCUT2D eigenvalue weighted by atomic mass is 9.83. The van der Waals surface area contributed by atoms with Crippen LogP contribution in [0.2, 0.25) is 0 Å². The van der Waals surface area contributed by atoms with Crippen LogP contribution < -0.4 is 0 Å². The number of aryl methyl sites for hydroxylation is 1. The van der Waals surface area contributed by atoms with Gasteiger partial charge in [-0.2, -0.15) is 0 Å². The smallest absolute Gasteiger partial charge is 0.233 e. The Hall–Kier alpha value is -1.00. The summed E-state index contributed by atoms with van der Waals surface area (Å²) in [6.07, 6.45) is 0. The molecule has 1 aromatic rings. The molecule has 0 spiro atoms. The second-order valence-electron chi connectivity index (χ2n) is 5.61. The Morgan fingerprint density at radius 2 is 1.95 bits per heavy atom. The molecular formula is C15H21NO2S. The largest absolute Gasteiger partial charge is 0.386 e. The number of benzene rings is 1.